The summed E-state index contributed by atoms with van der Waals surface area (Å²) in [5, 5.41) is 8.87. The minimum atomic E-state index is 0.936. The van der Waals surface area contributed by atoms with Crippen molar-refractivity contribution in [1.82, 2.24) is 15.2 Å². The van der Waals surface area contributed by atoms with Gasteiger partial charge in [-0.05, 0) is 25.4 Å². The number of aromatic nitrogens is 1. The number of nitrogens with zero attached hydrogens (tertiary/aromatic N) is 2. The van der Waals surface area contributed by atoms with Crippen LogP contribution in [0.5, 0.6) is 0 Å². The summed E-state index contributed by atoms with van der Waals surface area (Å²) in [5.41, 5.74) is 1.18. The topological polar surface area (TPSA) is 28.2 Å². The highest BCUT2D eigenvalue weighted by Gasteiger charge is 2.03. The van der Waals surface area contributed by atoms with Crippen molar-refractivity contribution in [2.45, 2.75) is 20.0 Å². The highest BCUT2D eigenvalue weighted by Crippen LogP contribution is 2.09. The van der Waals surface area contributed by atoms with Crippen LogP contribution in [-0.2, 0) is 13.1 Å². The molecule has 0 aliphatic carbocycles. The molecule has 0 aliphatic rings. The Morgan fingerprint density at radius 2 is 2.28 bits per heavy atom. The summed E-state index contributed by atoms with van der Waals surface area (Å²) in [6, 6.07) is 4.26. The average molecular weight is 281 g/mol. The minimum absolute atomic E-state index is 0.936. The molecule has 0 unspecified atom stereocenters. The van der Waals surface area contributed by atoms with Crippen LogP contribution in [-0.4, -0.2) is 30.0 Å². The van der Waals surface area contributed by atoms with Crippen LogP contribution in [0.3, 0.4) is 0 Å². The molecule has 2 heterocycles. The summed E-state index contributed by atoms with van der Waals surface area (Å²) in [4.78, 5) is 8.18. The maximum Gasteiger partial charge on any atom is 0.0897 e. The molecule has 0 fully saturated rings. The molecule has 1 N–H and O–H groups in total. The van der Waals surface area contributed by atoms with Crippen LogP contribution >= 0.6 is 22.7 Å². The molecular formula is C13H19N3S2. The van der Waals surface area contributed by atoms with Gasteiger partial charge in [-0.2, -0.15) is 0 Å². The summed E-state index contributed by atoms with van der Waals surface area (Å²) in [5.74, 6) is 0. The van der Waals surface area contributed by atoms with E-state index in [2.05, 4.69) is 52.1 Å². The lowest BCUT2D eigenvalue weighted by atomic mass is 10.4. The molecule has 18 heavy (non-hydrogen) atoms. The number of rotatable bonds is 7. The molecule has 0 saturated carbocycles. The summed E-state index contributed by atoms with van der Waals surface area (Å²) < 4.78 is 0. The van der Waals surface area contributed by atoms with Crippen LogP contribution in [0.2, 0.25) is 0 Å². The molecule has 0 bridgehead atoms. The van der Waals surface area contributed by atoms with Crippen molar-refractivity contribution in [3.8, 4) is 0 Å². The second kappa shape index (κ2) is 6.99. The van der Waals surface area contributed by atoms with Gasteiger partial charge in [0.25, 0.3) is 0 Å². The van der Waals surface area contributed by atoms with E-state index in [4.69, 9.17) is 0 Å². The summed E-state index contributed by atoms with van der Waals surface area (Å²) in [7, 11) is 2.14. The van der Waals surface area contributed by atoms with Gasteiger partial charge < -0.3 is 5.32 Å². The standard InChI is InChI=1S/C13H19N3S2/c1-11-15-12(10-18-11)9-16(2)6-5-14-8-13-4-3-7-17-13/h3-4,7,10,14H,5-6,8-9H2,1-2H3. The first-order chi connectivity index (χ1) is 8.74. The third kappa shape index (κ3) is 4.49. The Morgan fingerprint density at radius 1 is 1.39 bits per heavy atom. The Kier molecular flexibility index (Phi) is 5.31. The van der Waals surface area contributed by atoms with Crippen LogP contribution in [0.4, 0.5) is 0 Å². The SMILES string of the molecule is Cc1nc(CN(C)CCNCc2cccs2)cs1. The van der Waals surface area contributed by atoms with E-state index >= 15 is 0 Å². The van der Waals surface area contributed by atoms with Gasteiger partial charge in [0.15, 0.2) is 0 Å². The maximum atomic E-state index is 4.48. The zero-order chi connectivity index (χ0) is 12.8. The average Bonchev–Trinajstić information content (AvgIpc) is 2.96. The molecule has 0 atom stereocenters. The van der Waals surface area contributed by atoms with E-state index in [0.717, 1.165) is 31.2 Å². The Balaban J connectivity index is 1.61. The molecule has 0 saturated heterocycles. The zero-order valence-corrected chi connectivity index (χ0v) is 12.5. The molecule has 5 heteroatoms. The second-order valence-electron chi connectivity index (χ2n) is 4.35. The first-order valence-corrected chi connectivity index (χ1v) is 7.82. The van der Waals surface area contributed by atoms with Crippen LogP contribution in [0, 0.1) is 6.92 Å². The highest BCUT2D eigenvalue weighted by atomic mass is 32.1. The fourth-order valence-electron chi connectivity index (χ4n) is 1.73. The maximum absolute atomic E-state index is 4.48. The van der Waals surface area contributed by atoms with Crippen molar-refractivity contribution in [3.05, 3.63) is 38.5 Å². The third-order valence-electron chi connectivity index (χ3n) is 2.65. The van der Waals surface area contributed by atoms with Gasteiger partial charge in [-0.3, -0.25) is 4.90 Å². The molecule has 0 aromatic carbocycles. The smallest absolute Gasteiger partial charge is 0.0897 e. The molecule has 0 aliphatic heterocycles. The largest absolute Gasteiger partial charge is 0.311 e. The van der Waals surface area contributed by atoms with Crippen molar-refractivity contribution in [2.75, 3.05) is 20.1 Å². The zero-order valence-electron chi connectivity index (χ0n) is 10.8. The highest BCUT2D eigenvalue weighted by molar-refractivity contribution is 7.10. The van der Waals surface area contributed by atoms with E-state index in [0.29, 0.717) is 0 Å². The number of nitrogens with one attached hydrogen (secondary N) is 1. The van der Waals surface area contributed by atoms with Gasteiger partial charge in [0.1, 0.15) is 0 Å². The third-order valence-corrected chi connectivity index (χ3v) is 4.35. The number of thiophene rings is 1. The number of hydrogen-bond donors (Lipinski definition) is 1. The molecule has 98 valence electrons. The van der Waals surface area contributed by atoms with E-state index in [1.54, 1.807) is 22.7 Å². The lowest BCUT2D eigenvalue weighted by molar-refractivity contribution is 0.321. The fourth-order valence-corrected chi connectivity index (χ4v) is 3.01. The molecule has 2 aromatic rings. The van der Waals surface area contributed by atoms with Crippen molar-refractivity contribution in [3.63, 3.8) is 0 Å². The van der Waals surface area contributed by atoms with Gasteiger partial charge in [0, 0.05) is 36.4 Å². The molecule has 0 radical (unpaired) electrons. The molecular weight excluding hydrogens is 262 g/mol. The van der Waals surface area contributed by atoms with Gasteiger partial charge in [-0.15, -0.1) is 22.7 Å². The molecule has 3 nitrogen and oxygen atoms in total. The first-order valence-electron chi connectivity index (χ1n) is 6.06. The Hall–Kier alpha value is -0.750. The Labute approximate surface area is 116 Å². The van der Waals surface area contributed by atoms with E-state index in [9.17, 15) is 0 Å². The van der Waals surface area contributed by atoms with Gasteiger partial charge in [-0.1, -0.05) is 6.07 Å². The fraction of sp³-hybridized carbons (Fsp3) is 0.462. The van der Waals surface area contributed by atoms with Gasteiger partial charge in [0.05, 0.1) is 10.7 Å². The van der Waals surface area contributed by atoms with Crippen LogP contribution in [0.1, 0.15) is 15.6 Å². The van der Waals surface area contributed by atoms with Gasteiger partial charge in [0.2, 0.25) is 0 Å². The van der Waals surface area contributed by atoms with Gasteiger partial charge in [-0.25, -0.2) is 4.98 Å². The number of likely N-dealkylation sites (N-methyl/N-ethyl adjacent to an activating group) is 1. The van der Waals surface area contributed by atoms with Crippen LogP contribution < -0.4 is 5.32 Å². The first kappa shape index (κ1) is 13.7. The number of aryl methyl sites for hydroxylation is 1. The summed E-state index contributed by atoms with van der Waals surface area (Å²) >= 11 is 3.52. The van der Waals surface area contributed by atoms with Crippen molar-refractivity contribution in [2.24, 2.45) is 0 Å². The Bertz CT molecular complexity index is 451. The van der Waals surface area contributed by atoms with Crippen molar-refractivity contribution >= 4 is 22.7 Å². The van der Waals surface area contributed by atoms with Gasteiger partial charge >= 0.3 is 0 Å². The molecule has 0 spiro atoms. The number of hydrogen-bond acceptors (Lipinski definition) is 5. The lowest BCUT2D eigenvalue weighted by Crippen LogP contribution is -2.28. The van der Waals surface area contributed by atoms with E-state index < -0.39 is 0 Å². The quantitative estimate of drug-likeness (QED) is 0.791. The summed E-state index contributed by atoms with van der Waals surface area (Å²) in [6.45, 7) is 6.02. The molecule has 0 amide bonds. The normalized spacial score (nSPS) is 11.3. The minimum Gasteiger partial charge on any atom is -0.311 e. The van der Waals surface area contributed by atoms with Crippen molar-refractivity contribution in [1.29, 1.82) is 0 Å². The van der Waals surface area contributed by atoms with Crippen LogP contribution in [0.15, 0.2) is 22.9 Å². The van der Waals surface area contributed by atoms with Crippen LogP contribution in [0.25, 0.3) is 0 Å². The van der Waals surface area contributed by atoms with Crippen molar-refractivity contribution < 1.29 is 0 Å². The predicted molar refractivity (Wildman–Crippen MR) is 79.2 cm³/mol. The molecule has 2 rings (SSSR count). The second-order valence-corrected chi connectivity index (χ2v) is 6.45. The van der Waals surface area contributed by atoms with E-state index in [-0.39, 0.29) is 0 Å². The summed E-state index contributed by atoms with van der Waals surface area (Å²) in [6.07, 6.45) is 0. The predicted octanol–water partition coefficient (Wildman–Crippen LogP) is 2.73. The number of thiazole rings is 1. The lowest BCUT2D eigenvalue weighted by Gasteiger charge is -2.15. The Morgan fingerprint density at radius 3 is 2.94 bits per heavy atom. The monoisotopic (exact) mass is 281 g/mol. The molecule has 2 aromatic heterocycles. The van der Waals surface area contributed by atoms with E-state index in [1.807, 2.05) is 0 Å². The van der Waals surface area contributed by atoms with E-state index in [1.165, 1.54) is 10.6 Å².